The van der Waals surface area contributed by atoms with Crippen molar-refractivity contribution < 1.29 is 4.79 Å². The first-order valence-electron chi connectivity index (χ1n) is 9.49. The average Bonchev–Trinajstić information content (AvgIpc) is 3.08. The number of nitrogens with zero attached hydrogens (tertiary/aromatic N) is 1. The highest BCUT2D eigenvalue weighted by Crippen LogP contribution is 2.39. The Morgan fingerprint density at radius 2 is 1.96 bits per heavy atom. The number of benzene rings is 1. The first-order chi connectivity index (χ1) is 12.2. The van der Waals surface area contributed by atoms with Crippen molar-refractivity contribution in [3.63, 3.8) is 0 Å². The number of amides is 1. The predicted molar refractivity (Wildman–Crippen MR) is 104 cm³/mol. The number of aryl methyl sites for hydroxylation is 2. The van der Waals surface area contributed by atoms with Gasteiger partial charge in [-0.1, -0.05) is 31.2 Å². The highest BCUT2D eigenvalue weighted by atomic mass is 32.1. The average molecular weight is 355 g/mol. The van der Waals surface area contributed by atoms with E-state index in [1.165, 1.54) is 34.5 Å². The van der Waals surface area contributed by atoms with E-state index in [0.29, 0.717) is 6.04 Å². The SMILES string of the molecule is CCCN1CCC(NC(=O)c2cc3c(s2)-c2ccccc2CC3)CC1. The number of thiophene rings is 1. The summed E-state index contributed by atoms with van der Waals surface area (Å²) < 4.78 is 0. The van der Waals surface area contributed by atoms with E-state index in [1.54, 1.807) is 11.3 Å². The summed E-state index contributed by atoms with van der Waals surface area (Å²) in [7, 11) is 0. The van der Waals surface area contributed by atoms with Gasteiger partial charge in [0.2, 0.25) is 0 Å². The Hall–Kier alpha value is -1.65. The maximum atomic E-state index is 12.7. The summed E-state index contributed by atoms with van der Waals surface area (Å²) in [6.07, 6.45) is 5.47. The molecule has 2 aromatic rings. The molecule has 4 heteroatoms. The van der Waals surface area contributed by atoms with Crippen molar-refractivity contribution in [3.05, 3.63) is 46.3 Å². The Morgan fingerprint density at radius 1 is 1.20 bits per heavy atom. The Kier molecular flexibility index (Phi) is 4.91. The van der Waals surface area contributed by atoms with Crippen molar-refractivity contribution in [1.82, 2.24) is 10.2 Å². The van der Waals surface area contributed by atoms with Crippen LogP contribution in [0.3, 0.4) is 0 Å². The second kappa shape index (κ2) is 7.30. The third-order valence-electron chi connectivity index (χ3n) is 5.42. The van der Waals surface area contributed by atoms with Gasteiger partial charge in [0.05, 0.1) is 4.88 Å². The molecule has 2 heterocycles. The van der Waals surface area contributed by atoms with E-state index in [2.05, 4.69) is 47.5 Å². The van der Waals surface area contributed by atoms with Crippen molar-refractivity contribution >= 4 is 17.2 Å². The first-order valence-corrected chi connectivity index (χ1v) is 10.3. The maximum absolute atomic E-state index is 12.7. The van der Waals surface area contributed by atoms with Crippen molar-refractivity contribution in [3.8, 4) is 10.4 Å². The van der Waals surface area contributed by atoms with Crippen LogP contribution in [0.5, 0.6) is 0 Å². The molecule has 0 unspecified atom stereocenters. The molecule has 4 rings (SSSR count). The monoisotopic (exact) mass is 354 g/mol. The fourth-order valence-corrected chi connectivity index (χ4v) is 5.23. The molecule has 1 aromatic carbocycles. The Balaban J connectivity index is 1.44. The molecule has 1 amide bonds. The van der Waals surface area contributed by atoms with Crippen LogP contribution in [0.4, 0.5) is 0 Å². The van der Waals surface area contributed by atoms with Crippen molar-refractivity contribution in [1.29, 1.82) is 0 Å². The van der Waals surface area contributed by atoms with Gasteiger partial charge in [0.15, 0.2) is 0 Å². The molecule has 1 saturated heterocycles. The van der Waals surface area contributed by atoms with Gasteiger partial charge in [-0.05, 0) is 61.4 Å². The van der Waals surface area contributed by atoms with Gasteiger partial charge in [-0.15, -0.1) is 11.3 Å². The van der Waals surface area contributed by atoms with Gasteiger partial charge < -0.3 is 10.2 Å². The zero-order valence-corrected chi connectivity index (χ0v) is 15.7. The van der Waals surface area contributed by atoms with Crippen LogP contribution in [0.15, 0.2) is 30.3 Å². The Morgan fingerprint density at radius 3 is 2.76 bits per heavy atom. The molecule has 1 aromatic heterocycles. The molecular weight excluding hydrogens is 328 g/mol. The van der Waals surface area contributed by atoms with Gasteiger partial charge >= 0.3 is 0 Å². The molecule has 0 saturated carbocycles. The predicted octanol–water partition coefficient (Wildman–Crippen LogP) is 4.12. The summed E-state index contributed by atoms with van der Waals surface area (Å²) in [5.41, 5.74) is 4.07. The minimum Gasteiger partial charge on any atom is -0.349 e. The highest BCUT2D eigenvalue weighted by Gasteiger charge is 2.24. The van der Waals surface area contributed by atoms with Crippen LogP contribution in [0, 0.1) is 0 Å². The standard InChI is InChI=1S/C21H26N2OS/c1-2-11-23-12-9-17(10-13-23)22-21(24)19-14-16-8-7-15-5-3-4-6-18(15)20(16)25-19/h3-6,14,17H,2,7-13H2,1H3,(H,22,24). The summed E-state index contributed by atoms with van der Waals surface area (Å²) in [5.74, 6) is 0.117. The lowest BCUT2D eigenvalue weighted by atomic mass is 9.91. The van der Waals surface area contributed by atoms with Crippen LogP contribution in [0.1, 0.15) is 47.0 Å². The van der Waals surface area contributed by atoms with E-state index in [1.807, 2.05) is 0 Å². The smallest absolute Gasteiger partial charge is 0.261 e. The van der Waals surface area contributed by atoms with E-state index in [0.717, 1.165) is 43.6 Å². The quantitative estimate of drug-likeness (QED) is 0.896. The summed E-state index contributed by atoms with van der Waals surface area (Å²) in [6.45, 7) is 5.61. The first kappa shape index (κ1) is 16.8. The van der Waals surface area contributed by atoms with Crippen LogP contribution < -0.4 is 5.32 Å². The lowest BCUT2D eigenvalue weighted by molar-refractivity contribution is 0.0915. The molecule has 0 spiro atoms. The fourth-order valence-electron chi connectivity index (χ4n) is 4.06. The molecule has 25 heavy (non-hydrogen) atoms. The highest BCUT2D eigenvalue weighted by molar-refractivity contribution is 7.17. The number of carbonyl (C=O) groups is 1. The van der Waals surface area contributed by atoms with E-state index in [-0.39, 0.29) is 5.91 Å². The Labute approximate surface area is 154 Å². The number of rotatable bonds is 4. The van der Waals surface area contributed by atoms with Crippen molar-refractivity contribution in [2.75, 3.05) is 19.6 Å². The van der Waals surface area contributed by atoms with Crippen LogP contribution in [-0.2, 0) is 12.8 Å². The molecular formula is C21H26N2OS. The molecule has 1 N–H and O–H groups in total. The lowest BCUT2D eigenvalue weighted by Gasteiger charge is -2.31. The van der Waals surface area contributed by atoms with Crippen LogP contribution in [0.2, 0.25) is 0 Å². The normalized spacial score (nSPS) is 17.8. The van der Waals surface area contributed by atoms with Crippen molar-refractivity contribution in [2.24, 2.45) is 0 Å². The van der Waals surface area contributed by atoms with Gasteiger partial charge in [0.25, 0.3) is 5.91 Å². The molecule has 2 aliphatic rings. The summed E-state index contributed by atoms with van der Waals surface area (Å²) in [4.78, 5) is 17.4. The zero-order chi connectivity index (χ0) is 17.2. The van der Waals surface area contributed by atoms with Gasteiger partial charge in [-0.2, -0.15) is 0 Å². The third-order valence-corrected chi connectivity index (χ3v) is 6.63. The molecule has 1 fully saturated rings. The lowest BCUT2D eigenvalue weighted by Crippen LogP contribution is -2.44. The molecule has 0 radical (unpaired) electrons. The van der Waals surface area contributed by atoms with Crippen LogP contribution in [-0.4, -0.2) is 36.5 Å². The zero-order valence-electron chi connectivity index (χ0n) is 14.9. The number of hydrogen-bond acceptors (Lipinski definition) is 3. The second-order valence-corrected chi connectivity index (χ2v) is 8.26. The number of nitrogens with one attached hydrogen (secondary N) is 1. The van der Waals surface area contributed by atoms with E-state index in [4.69, 9.17) is 0 Å². The molecule has 132 valence electrons. The van der Waals surface area contributed by atoms with Crippen LogP contribution >= 0.6 is 11.3 Å². The molecule has 0 atom stereocenters. The Bertz CT molecular complexity index is 759. The van der Waals surface area contributed by atoms with Gasteiger partial charge in [-0.3, -0.25) is 4.79 Å². The summed E-state index contributed by atoms with van der Waals surface area (Å²) in [5, 5.41) is 3.28. The molecule has 1 aliphatic carbocycles. The number of likely N-dealkylation sites (tertiary alicyclic amines) is 1. The fraction of sp³-hybridized carbons (Fsp3) is 0.476. The summed E-state index contributed by atoms with van der Waals surface area (Å²) in [6, 6.07) is 11.0. The molecule has 1 aliphatic heterocycles. The van der Waals surface area contributed by atoms with E-state index >= 15 is 0 Å². The minimum atomic E-state index is 0.117. The summed E-state index contributed by atoms with van der Waals surface area (Å²) >= 11 is 1.66. The van der Waals surface area contributed by atoms with Gasteiger partial charge in [-0.25, -0.2) is 0 Å². The largest absolute Gasteiger partial charge is 0.349 e. The number of hydrogen-bond donors (Lipinski definition) is 1. The van der Waals surface area contributed by atoms with Gasteiger partial charge in [0, 0.05) is 24.0 Å². The molecule has 3 nitrogen and oxygen atoms in total. The number of piperidine rings is 1. The molecule has 0 bridgehead atoms. The minimum absolute atomic E-state index is 0.117. The second-order valence-electron chi connectivity index (χ2n) is 7.21. The van der Waals surface area contributed by atoms with Crippen molar-refractivity contribution in [2.45, 2.75) is 45.1 Å². The topological polar surface area (TPSA) is 32.3 Å². The van der Waals surface area contributed by atoms with E-state index in [9.17, 15) is 4.79 Å². The van der Waals surface area contributed by atoms with E-state index < -0.39 is 0 Å². The number of carbonyl (C=O) groups excluding carboxylic acids is 1. The van der Waals surface area contributed by atoms with Crippen LogP contribution in [0.25, 0.3) is 10.4 Å². The van der Waals surface area contributed by atoms with Gasteiger partial charge in [0.1, 0.15) is 0 Å². The third kappa shape index (κ3) is 3.51. The maximum Gasteiger partial charge on any atom is 0.261 e. The number of fused-ring (bicyclic) bond motifs is 3.